The topological polar surface area (TPSA) is 21.3 Å². The number of nitrogens with one attached hydrogen (secondary N) is 1. The Hall–Kier alpha value is -1.58. The molecule has 1 N–H and O–H groups in total. The van der Waals surface area contributed by atoms with Gasteiger partial charge in [0.1, 0.15) is 12.4 Å². The van der Waals surface area contributed by atoms with Gasteiger partial charge in [0, 0.05) is 23.0 Å². The van der Waals surface area contributed by atoms with Crippen LogP contribution in [0.1, 0.15) is 23.4 Å². The van der Waals surface area contributed by atoms with Crippen LogP contribution in [0.25, 0.3) is 0 Å². The molecular weight excluding hydrogens is 254 g/mol. The monoisotopic (exact) mass is 273 g/mol. The third-order valence-corrected chi connectivity index (χ3v) is 3.95. The van der Waals surface area contributed by atoms with E-state index in [1.807, 2.05) is 18.2 Å². The van der Waals surface area contributed by atoms with Crippen LogP contribution in [0.15, 0.2) is 54.4 Å². The summed E-state index contributed by atoms with van der Waals surface area (Å²) in [5.74, 6) is 0.924. The first-order valence-corrected chi connectivity index (χ1v) is 7.27. The van der Waals surface area contributed by atoms with Crippen molar-refractivity contribution in [2.24, 2.45) is 0 Å². The van der Waals surface area contributed by atoms with E-state index in [2.05, 4.69) is 42.4 Å². The zero-order valence-corrected chi connectivity index (χ0v) is 12.0. The Morgan fingerprint density at radius 2 is 2.16 bits per heavy atom. The Morgan fingerprint density at radius 1 is 1.32 bits per heavy atom. The van der Waals surface area contributed by atoms with E-state index in [4.69, 9.17) is 4.74 Å². The number of hydrogen-bond donors (Lipinski definition) is 1. The average molecular weight is 273 g/mol. The van der Waals surface area contributed by atoms with Crippen LogP contribution in [0.5, 0.6) is 5.75 Å². The quantitative estimate of drug-likeness (QED) is 0.765. The maximum absolute atomic E-state index is 5.65. The fraction of sp³-hybridized carbons (Fsp3) is 0.250. The Balaban J connectivity index is 1.97. The molecular formula is C16H19NOS. The molecule has 2 nitrogen and oxygen atoms in total. The van der Waals surface area contributed by atoms with E-state index >= 15 is 0 Å². The highest BCUT2D eigenvalue weighted by Gasteiger charge is 2.07. The summed E-state index contributed by atoms with van der Waals surface area (Å²) in [5, 5.41) is 5.63. The molecule has 0 fully saturated rings. The standard InChI is InChI=1S/C16H19NOS/c1-3-10-18-15-8-5-4-7-14(15)12-17-13(2)16-9-6-11-19-16/h3-9,11,13,17H,1,10,12H2,2H3. The van der Waals surface area contributed by atoms with Crippen molar-refractivity contribution in [2.75, 3.05) is 6.61 Å². The molecule has 0 spiro atoms. The van der Waals surface area contributed by atoms with Gasteiger partial charge in [-0.1, -0.05) is 36.9 Å². The second kappa shape index (κ2) is 7.12. The van der Waals surface area contributed by atoms with E-state index in [1.54, 1.807) is 17.4 Å². The highest BCUT2D eigenvalue weighted by atomic mass is 32.1. The summed E-state index contributed by atoms with van der Waals surface area (Å²) in [6, 6.07) is 12.7. The smallest absolute Gasteiger partial charge is 0.124 e. The lowest BCUT2D eigenvalue weighted by Gasteiger charge is -2.14. The highest BCUT2D eigenvalue weighted by Crippen LogP contribution is 2.21. The van der Waals surface area contributed by atoms with Crippen LogP contribution < -0.4 is 10.1 Å². The third kappa shape index (κ3) is 3.94. The Morgan fingerprint density at radius 3 is 2.89 bits per heavy atom. The molecule has 0 bridgehead atoms. The van der Waals surface area contributed by atoms with Crippen LogP contribution in [0.3, 0.4) is 0 Å². The minimum atomic E-state index is 0.354. The van der Waals surface area contributed by atoms with E-state index in [-0.39, 0.29) is 0 Å². The minimum Gasteiger partial charge on any atom is -0.489 e. The summed E-state index contributed by atoms with van der Waals surface area (Å²) in [6.45, 7) is 7.19. The van der Waals surface area contributed by atoms with Gasteiger partial charge < -0.3 is 10.1 Å². The van der Waals surface area contributed by atoms with Gasteiger partial charge in [0.05, 0.1) is 0 Å². The van der Waals surface area contributed by atoms with E-state index in [9.17, 15) is 0 Å². The van der Waals surface area contributed by atoms with Crippen LogP contribution in [-0.2, 0) is 6.54 Å². The van der Waals surface area contributed by atoms with Gasteiger partial charge in [-0.15, -0.1) is 11.3 Å². The van der Waals surface area contributed by atoms with Gasteiger partial charge >= 0.3 is 0 Å². The van der Waals surface area contributed by atoms with Gasteiger partial charge in [0.15, 0.2) is 0 Å². The maximum Gasteiger partial charge on any atom is 0.124 e. The van der Waals surface area contributed by atoms with Crippen LogP contribution in [0.4, 0.5) is 0 Å². The molecule has 1 atom stereocenters. The van der Waals surface area contributed by atoms with Crippen molar-refractivity contribution < 1.29 is 4.74 Å². The second-order valence-electron chi connectivity index (χ2n) is 4.33. The van der Waals surface area contributed by atoms with Gasteiger partial charge in [-0.2, -0.15) is 0 Å². The first-order valence-electron chi connectivity index (χ1n) is 6.39. The number of ether oxygens (including phenoxy) is 1. The van der Waals surface area contributed by atoms with Crippen LogP contribution >= 0.6 is 11.3 Å². The summed E-state index contributed by atoms with van der Waals surface area (Å²) in [7, 11) is 0. The predicted octanol–water partition coefficient (Wildman–Crippen LogP) is 4.16. The van der Waals surface area contributed by atoms with E-state index in [0.29, 0.717) is 12.6 Å². The van der Waals surface area contributed by atoms with Crippen molar-refractivity contribution in [3.63, 3.8) is 0 Å². The molecule has 0 saturated heterocycles. The molecule has 0 radical (unpaired) electrons. The second-order valence-corrected chi connectivity index (χ2v) is 5.30. The SMILES string of the molecule is C=CCOc1ccccc1CNC(C)c1cccs1. The lowest BCUT2D eigenvalue weighted by atomic mass is 10.2. The zero-order chi connectivity index (χ0) is 13.5. The van der Waals surface area contributed by atoms with Crippen LogP contribution in [-0.4, -0.2) is 6.61 Å². The zero-order valence-electron chi connectivity index (χ0n) is 11.1. The number of rotatable bonds is 7. The molecule has 19 heavy (non-hydrogen) atoms. The fourth-order valence-electron chi connectivity index (χ4n) is 1.84. The highest BCUT2D eigenvalue weighted by molar-refractivity contribution is 7.10. The van der Waals surface area contributed by atoms with Crippen molar-refractivity contribution >= 4 is 11.3 Å². The van der Waals surface area contributed by atoms with Gasteiger partial charge in [-0.3, -0.25) is 0 Å². The number of para-hydroxylation sites is 1. The Kier molecular flexibility index (Phi) is 5.19. The molecule has 0 aliphatic rings. The average Bonchev–Trinajstić information content (AvgIpc) is 2.97. The van der Waals surface area contributed by atoms with Gasteiger partial charge in [-0.25, -0.2) is 0 Å². The molecule has 3 heteroatoms. The summed E-state index contributed by atoms with van der Waals surface area (Å²) in [4.78, 5) is 1.35. The molecule has 1 aromatic heterocycles. The first-order chi connectivity index (χ1) is 9.31. The van der Waals surface area contributed by atoms with Crippen molar-refractivity contribution in [3.05, 3.63) is 64.9 Å². The van der Waals surface area contributed by atoms with Crippen molar-refractivity contribution in [1.29, 1.82) is 0 Å². The summed E-state index contributed by atoms with van der Waals surface area (Å²) in [5.41, 5.74) is 1.17. The summed E-state index contributed by atoms with van der Waals surface area (Å²) >= 11 is 1.78. The predicted molar refractivity (Wildman–Crippen MR) is 81.7 cm³/mol. The lowest BCUT2D eigenvalue weighted by Crippen LogP contribution is -2.17. The van der Waals surface area contributed by atoms with Gasteiger partial charge in [0.2, 0.25) is 0 Å². The number of benzene rings is 1. The van der Waals surface area contributed by atoms with E-state index in [0.717, 1.165) is 12.3 Å². The minimum absolute atomic E-state index is 0.354. The normalized spacial score (nSPS) is 12.1. The molecule has 1 heterocycles. The summed E-state index contributed by atoms with van der Waals surface area (Å²) < 4.78 is 5.65. The number of thiophene rings is 1. The molecule has 2 rings (SSSR count). The fourth-order valence-corrected chi connectivity index (χ4v) is 2.60. The van der Waals surface area contributed by atoms with Crippen LogP contribution in [0.2, 0.25) is 0 Å². The lowest BCUT2D eigenvalue weighted by molar-refractivity contribution is 0.357. The van der Waals surface area contributed by atoms with E-state index < -0.39 is 0 Å². The number of hydrogen-bond acceptors (Lipinski definition) is 3. The molecule has 0 aliphatic heterocycles. The molecule has 1 aromatic carbocycles. The van der Waals surface area contributed by atoms with Gasteiger partial charge in [0.25, 0.3) is 0 Å². The molecule has 1 unspecified atom stereocenters. The van der Waals surface area contributed by atoms with Crippen LogP contribution in [0, 0.1) is 0 Å². The largest absolute Gasteiger partial charge is 0.489 e. The maximum atomic E-state index is 5.65. The van der Waals surface area contributed by atoms with Crippen molar-refractivity contribution in [2.45, 2.75) is 19.5 Å². The molecule has 0 amide bonds. The van der Waals surface area contributed by atoms with Crippen molar-refractivity contribution in [1.82, 2.24) is 5.32 Å². The molecule has 0 saturated carbocycles. The molecule has 2 aromatic rings. The third-order valence-electron chi connectivity index (χ3n) is 2.90. The van der Waals surface area contributed by atoms with Gasteiger partial charge in [-0.05, 0) is 24.4 Å². The molecule has 0 aliphatic carbocycles. The van der Waals surface area contributed by atoms with Crippen molar-refractivity contribution in [3.8, 4) is 5.75 Å². The molecule has 100 valence electrons. The van der Waals surface area contributed by atoms with E-state index in [1.165, 1.54) is 10.4 Å². The first kappa shape index (κ1) is 13.8. The summed E-state index contributed by atoms with van der Waals surface area (Å²) in [6.07, 6.45) is 1.76. The Labute approximate surface area is 118 Å². The Bertz CT molecular complexity index is 507.